The molecule has 1 saturated heterocycles. The Bertz CT molecular complexity index is 839. The fourth-order valence-electron chi connectivity index (χ4n) is 2.77. The normalized spacial score (nSPS) is 15.0. The average Bonchev–Trinajstić information content (AvgIpc) is 2.61. The summed E-state index contributed by atoms with van der Waals surface area (Å²) in [6.07, 6.45) is -3.57. The summed E-state index contributed by atoms with van der Waals surface area (Å²) in [5, 5.41) is 3.27. The Balaban J connectivity index is 1.61. The molecule has 1 aliphatic heterocycles. The van der Waals surface area contributed by atoms with E-state index < -0.39 is 11.7 Å². The Labute approximate surface area is 163 Å². The molecular formula is C17H16Cl2F3N4O+. The highest BCUT2D eigenvalue weighted by atomic mass is 35.5. The molecule has 144 valence electrons. The van der Waals surface area contributed by atoms with Gasteiger partial charge < -0.3 is 10.2 Å². The van der Waals surface area contributed by atoms with E-state index in [0.717, 1.165) is 12.3 Å². The molecule has 0 aliphatic carbocycles. The van der Waals surface area contributed by atoms with Gasteiger partial charge in [-0.1, -0.05) is 29.3 Å². The van der Waals surface area contributed by atoms with Gasteiger partial charge in [0.25, 0.3) is 5.82 Å². The number of alkyl halides is 3. The fourth-order valence-corrected chi connectivity index (χ4v) is 3.25. The first-order valence-electron chi connectivity index (χ1n) is 8.09. The Hall–Kier alpha value is -2.19. The van der Waals surface area contributed by atoms with Crippen molar-refractivity contribution in [3.05, 3.63) is 52.1 Å². The van der Waals surface area contributed by atoms with Crippen molar-refractivity contribution < 1.29 is 22.9 Å². The summed E-state index contributed by atoms with van der Waals surface area (Å²) in [5.41, 5.74) is -0.246. The molecule has 27 heavy (non-hydrogen) atoms. The largest absolute Gasteiger partial charge is 0.419 e. The Morgan fingerprint density at radius 1 is 1.11 bits per heavy atom. The predicted octanol–water partition coefficient (Wildman–Crippen LogP) is 4.18. The molecule has 5 nitrogen and oxygen atoms in total. The smallest absolute Gasteiger partial charge is 0.317 e. The third-order valence-corrected chi connectivity index (χ3v) is 4.68. The van der Waals surface area contributed by atoms with Gasteiger partial charge in [0, 0.05) is 10.7 Å². The number of H-pyrrole nitrogens is 1. The minimum Gasteiger partial charge on any atom is -0.317 e. The summed E-state index contributed by atoms with van der Waals surface area (Å²) in [6.45, 7) is 1.67. The van der Waals surface area contributed by atoms with Crippen molar-refractivity contribution in [1.82, 2.24) is 4.90 Å². The van der Waals surface area contributed by atoms with E-state index in [2.05, 4.69) is 10.3 Å². The van der Waals surface area contributed by atoms with Crippen LogP contribution >= 0.6 is 23.2 Å². The molecule has 0 bridgehead atoms. The van der Waals surface area contributed by atoms with Crippen molar-refractivity contribution in [2.45, 2.75) is 6.18 Å². The topological polar surface area (TPSA) is 49.7 Å². The summed E-state index contributed by atoms with van der Waals surface area (Å²) in [6, 6.07) is 7.45. The molecule has 0 radical (unpaired) electrons. The number of rotatable bonds is 2. The molecule has 0 saturated carbocycles. The van der Waals surface area contributed by atoms with E-state index in [9.17, 15) is 18.0 Å². The van der Waals surface area contributed by atoms with Crippen LogP contribution in [0.4, 0.5) is 29.5 Å². The van der Waals surface area contributed by atoms with E-state index in [1.807, 2.05) is 4.90 Å². The van der Waals surface area contributed by atoms with Crippen molar-refractivity contribution in [2.24, 2.45) is 0 Å². The fraction of sp³-hybridized carbons (Fsp3) is 0.294. The van der Waals surface area contributed by atoms with Crippen molar-refractivity contribution >= 4 is 40.7 Å². The van der Waals surface area contributed by atoms with Crippen molar-refractivity contribution in [2.75, 3.05) is 36.4 Å². The second kappa shape index (κ2) is 7.82. The van der Waals surface area contributed by atoms with E-state index in [1.165, 1.54) is 0 Å². The van der Waals surface area contributed by atoms with Gasteiger partial charge in [0.2, 0.25) is 0 Å². The molecule has 2 aromatic rings. The number of nitrogens with zero attached hydrogens (tertiary/aromatic N) is 2. The monoisotopic (exact) mass is 419 g/mol. The molecule has 10 heteroatoms. The maximum absolute atomic E-state index is 12.7. The van der Waals surface area contributed by atoms with Crippen molar-refractivity contribution in [3.8, 4) is 0 Å². The molecule has 2 heterocycles. The van der Waals surface area contributed by atoms with Crippen LogP contribution in [0.15, 0.2) is 36.5 Å². The number of hydrogen-bond acceptors (Lipinski definition) is 2. The highest BCUT2D eigenvalue weighted by molar-refractivity contribution is 6.32. The van der Waals surface area contributed by atoms with E-state index >= 15 is 0 Å². The maximum atomic E-state index is 12.7. The molecule has 0 spiro atoms. The number of amides is 2. The van der Waals surface area contributed by atoms with Gasteiger partial charge in [-0.3, -0.25) is 4.90 Å². The van der Waals surface area contributed by atoms with Crippen LogP contribution < -0.4 is 15.2 Å². The number of hydrogen-bond donors (Lipinski definition) is 1. The SMILES string of the molecule is O=C(Nc1cccc(Cl)c1)N1CCN(c2[nH+]cc(C(F)(F)F)cc2Cl)CC1. The van der Waals surface area contributed by atoms with Crippen LogP contribution in [0.5, 0.6) is 0 Å². The highest BCUT2D eigenvalue weighted by Crippen LogP contribution is 2.32. The van der Waals surface area contributed by atoms with Crippen LogP contribution in [-0.4, -0.2) is 37.1 Å². The second-order valence-corrected chi connectivity index (χ2v) is 6.84. The Morgan fingerprint density at radius 2 is 1.81 bits per heavy atom. The van der Waals surface area contributed by atoms with Gasteiger partial charge in [-0.25, -0.2) is 9.78 Å². The third kappa shape index (κ3) is 4.75. The molecule has 0 unspecified atom stereocenters. The molecule has 1 aromatic heterocycles. The predicted molar refractivity (Wildman–Crippen MR) is 97.3 cm³/mol. The number of pyridine rings is 1. The maximum Gasteiger partial charge on any atom is 0.419 e. The summed E-state index contributed by atoms with van der Waals surface area (Å²) < 4.78 is 38.2. The first-order chi connectivity index (χ1) is 12.7. The van der Waals surface area contributed by atoms with Gasteiger partial charge >= 0.3 is 12.2 Å². The van der Waals surface area contributed by atoms with Gasteiger partial charge in [0.05, 0.1) is 18.7 Å². The van der Waals surface area contributed by atoms with Crippen molar-refractivity contribution in [1.29, 1.82) is 0 Å². The number of piperazine rings is 1. The van der Waals surface area contributed by atoms with Crippen molar-refractivity contribution in [3.63, 3.8) is 0 Å². The highest BCUT2D eigenvalue weighted by Gasteiger charge is 2.34. The van der Waals surface area contributed by atoms with Crippen LogP contribution in [0.3, 0.4) is 0 Å². The van der Waals surface area contributed by atoms with Crippen LogP contribution in [0, 0.1) is 0 Å². The molecule has 1 aliphatic rings. The molecule has 0 atom stereocenters. The van der Waals surface area contributed by atoms with Crippen LogP contribution in [0.2, 0.25) is 10.0 Å². The van der Waals surface area contributed by atoms with E-state index in [4.69, 9.17) is 23.2 Å². The number of urea groups is 1. The van der Waals surface area contributed by atoms with Gasteiger partial charge in [-0.15, -0.1) is 0 Å². The lowest BCUT2D eigenvalue weighted by Gasteiger charge is -2.31. The Morgan fingerprint density at radius 3 is 2.41 bits per heavy atom. The molecule has 2 N–H and O–H groups in total. The minimum atomic E-state index is -4.46. The number of benzene rings is 1. The second-order valence-electron chi connectivity index (χ2n) is 6.00. The number of aromatic nitrogens is 1. The standard InChI is InChI=1S/C17H15Cl2F3N4O/c18-12-2-1-3-13(9-12)24-16(27)26-6-4-25(5-7-26)15-14(19)8-11(10-23-15)17(20,21)22/h1-3,8-10H,4-7H2,(H,24,27)/p+1. The van der Waals surface area contributed by atoms with Gasteiger partial charge in [0.15, 0.2) is 0 Å². The number of nitrogens with one attached hydrogen (secondary N) is 2. The van der Waals surface area contributed by atoms with E-state index in [1.54, 1.807) is 29.2 Å². The zero-order valence-electron chi connectivity index (χ0n) is 14.0. The zero-order chi connectivity index (χ0) is 19.6. The Kier molecular flexibility index (Phi) is 5.67. The molecule has 2 amide bonds. The quantitative estimate of drug-likeness (QED) is 0.793. The number of halogens is 5. The lowest BCUT2D eigenvalue weighted by Crippen LogP contribution is -2.51. The molecule has 1 aromatic carbocycles. The summed E-state index contributed by atoms with van der Waals surface area (Å²) in [7, 11) is 0. The van der Waals surface area contributed by atoms with Gasteiger partial charge in [-0.05, 0) is 24.3 Å². The number of aromatic amines is 1. The average molecular weight is 420 g/mol. The lowest BCUT2D eigenvalue weighted by molar-refractivity contribution is -0.367. The summed E-state index contributed by atoms with van der Waals surface area (Å²) in [5.74, 6) is 0.402. The van der Waals surface area contributed by atoms with Gasteiger partial charge in [-0.2, -0.15) is 13.2 Å². The molecule has 1 fully saturated rings. The van der Waals surface area contributed by atoms with Crippen LogP contribution in [0.25, 0.3) is 0 Å². The van der Waals surface area contributed by atoms with E-state index in [0.29, 0.717) is 42.7 Å². The van der Waals surface area contributed by atoms with Crippen LogP contribution in [0.1, 0.15) is 5.56 Å². The van der Waals surface area contributed by atoms with Gasteiger partial charge in [0.1, 0.15) is 24.3 Å². The summed E-state index contributed by atoms with van der Waals surface area (Å²) >= 11 is 11.9. The lowest BCUT2D eigenvalue weighted by atomic mass is 10.2. The molecular weight excluding hydrogens is 404 g/mol. The molecule has 3 rings (SSSR count). The number of anilines is 2. The minimum absolute atomic E-state index is 0.0124. The third-order valence-electron chi connectivity index (χ3n) is 4.16. The number of carbonyl (C=O) groups is 1. The summed E-state index contributed by atoms with van der Waals surface area (Å²) in [4.78, 5) is 18.4. The first kappa shape index (κ1) is 19.6. The number of carbonyl (C=O) groups excluding carboxylic acids is 1. The van der Waals surface area contributed by atoms with E-state index in [-0.39, 0.29) is 11.1 Å². The van der Waals surface area contributed by atoms with Crippen LogP contribution in [-0.2, 0) is 6.18 Å². The first-order valence-corrected chi connectivity index (χ1v) is 8.84. The zero-order valence-corrected chi connectivity index (χ0v) is 15.5.